The number of carboxylic acids is 1. The number of rotatable bonds is 5. The van der Waals surface area contributed by atoms with Gasteiger partial charge in [-0.15, -0.1) is 11.3 Å². The highest BCUT2D eigenvalue weighted by molar-refractivity contribution is 9.10. The topological polar surface area (TPSA) is 59.4 Å². The largest absolute Gasteiger partial charge is 0.481 e. The Balaban J connectivity index is 1.96. The number of thiazole rings is 1. The van der Waals surface area contributed by atoms with E-state index in [9.17, 15) is 4.79 Å². The lowest BCUT2D eigenvalue weighted by Gasteiger charge is -2.08. The smallest absolute Gasteiger partial charge is 0.341 e. The molecule has 0 aliphatic heterocycles. The standard InChI is InChI=1S/C17H12BrNO3S/c18-12-6-7-15(22-9-16(20)21)13(8-12)14-10-23-17(19-14)11-4-2-1-3-5-11/h1-8,10H,9H2,(H,20,21). The molecular weight excluding hydrogens is 378 g/mol. The Bertz CT molecular complexity index is 833. The minimum absolute atomic E-state index is 0.385. The number of hydrogen-bond donors (Lipinski definition) is 1. The number of nitrogens with zero attached hydrogens (tertiary/aromatic N) is 1. The summed E-state index contributed by atoms with van der Waals surface area (Å²) in [5, 5.41) is 11.6. The van der Waals surface area contributed by atoms with Crippen molar-refractivity contribution in [2.24, 2.45) is 0 Å². The molecule has 0 radical (unpaired) electrons. The fourth-order valence-corrected chi connectivity index (χ4v) is 3.27. The zero-order valence-corrected chi connectivity index (χ0v) is 14.3. The van der Waals surface area contributed by atoms with Gasteiger partial charge in [-0.25, -0.2) is 9.78 Å². The highest BCUT2D eigenvalue weighted by Crippen LogP contribution is 2.35. The van der Waals surface area contributed by atoms with Gasteiger partial charge in [-0.05, 0) is 18.2 Å². The lowest BCUT2D eigenvalue weighted by molar-refractivity contribution is -0.139. The van der Waals surface area contributed by atoms with Crippen LogP contribution in [-0.2, 0) is 4.79 Å². The van der Waals surface area contributed by atoms with Gasteiger partial charge in [0.25, 0.3) is 0 Å². The van der Waals surface area contributed by atoms with Crippen LogP contribution in [0, 0.1) is 0 Å². The molecule has 116 valence electrons. The summed E-state index contributed by atoms with van der Waals surface area (Å²) in [5.41, 5.74) is 2.57. The summed E-state index contributed by atoms with van der Waals surface area (Å²) in [5.74, 6) is -0.511. The quantitative estimate of drug-likeness (QED) is 0.686. The van der Waals surface area contributed by atoms with Gasteiger partial charge in [0.15, 0.2) is 6.61 Å². The monoisotopic (exact) mass is 389 g/mol. The number of halogens is 1. The summed E-state index contributed by atoms with van der Waals surface area (Å²) in [7, 11) is 0. The fourth-order valence-electron chi connectivity index (χ4n) is 2.08. The van der Waals surface area contributed by atoms with Crippen molar-refractivity contribution in [3.63, 3.8) is 0 Å². The molecule has 2 aromatic carbocycles. The second kappa shape index (κ2) is 6.93. The first-order valence-corrected chi connectivity index (χ1v) is 8.46. The predicted molar refractivity (Wildman–Crippen MR) is 93.8 cm³/mol. The van der Waals surface area contributed by atoms with Crippen molar-refractivity contribution in [1.29, 1.82) is 0 Å². The lowest BCUT2D eigenvalue weighted by Crippen LogP contribution is -2.10. The van der Waals surface area contributed by atoms with Crippen molar-refractivity contribution < 1.29 is 14.6 Å². The molecule has 0 fully saturated rings. The Kier molecular flexibility index (Phi) is 4.73. The summed E-state index contributed by atoms with van der Waals surface area (Å²) in [6.07, 6.45) is 0. The van der Waals surface area contributed by atoms with Crippen molar-refractivity contribution in [2.45, 2.75) is 0 Å². The minimum atomic E-state index is -1.01. The van der Waals surface area contributed by atoms with Crippen LogP contribution in [0.1, 0.15) is 0 Å². The molecule has 6 heteroatoms. The average Bonchev–Trinajstić information content (AvgIpc) is 3.04. The van der Waals surface area contributed by atoms with Crippen molar-refractivity contribution in [1.82, 2.24) is 4.98 Å². The summed E-state index contributed by atoms with van der Waals surface area (Å²) in [6.45, 7) is -0.385. The Morgan fingerprint density at radius 2 is 2.00 bits per heavy atom. The van der Waals surface area contributed by atoms with Gasteiger partial charge in [-0.3, -0.25) is 0 Å². The first-order chi connectivity index (χ1) is 11.1. The van der Waals surface area contributed by atoms with Crippen LogP contribution in [-0.4, -0.2) is 22.7 Å². The van der Waals surface area contributed by atoms with Gasteiger partial charge in [0.2, 0.25) is 0 Å². The van der Waals surface area contributed by atoms with E-state index >= 15 is 0 Å². The van der Waals surface area contributed by atoms with Gasteiger partial charge < -0.3 is 9.84 Å². The summed E-state index contributed by atoms with van der Waals surface area (Å²) in [4.78, 5) is 15.4. The normalized spacial score (nSPS) is 10.5. The van der Waals surface area contributed by atoms with Gasteiger partial charge in [-0.1, -0.05) is 46.3 Å². The van der Waals surface area contributed by atoms with Crippen LogP contribution >= 0.6 is 27.3 Å². The van der Waals surface area contributed by atoms with E-state index in [1.807, 2.05) is 47.8 Å². The third kappa shape index (κ3) is 3.78. The number of carboxylic acid groups (broad SMARTS) is 1. The summed E-state index contributed by atoms with van der Waals surface area (Å²) < 4.78 is 6.25. The second-order valence-corrected chi connectivity index (χ2v) is 6.50. The molecule has 0 unspecified atom stereocenters. The molecule has 0 spiro atoms. The number of aromatic nitrogens is 1. The van der Waals surface area contributed by atoms with Crippen LogP contribution < -0.4 is 4.74 Å². The molecule has 1 N–H and O–H groups in total. The Labute approximate surface area is 145 Å². The molecule has 0 bridgehead atoms. The third-order valence-electron chi connectivity index (χ3n) is 3.09. The van der Waals surface area contributed by atoms with Crippen LogP contribution in [0.4, 0.5) is 0 Å². The molecule has 0 atom stereocenters. The van der Waals surface area contributed by atoms with Gasteiger partial charge in [0.05, 0.1) is 5.69 Å². The molecule has 3 rings (SSSR count). The van der Waals surface area contributed by atoms with E-state index in [0.717, 1.165) is 26.3 Å². The fraction of sp³-hybridized carbons (Fsp3) is 0.0588. The number of ether oxygens (including phenoxy) is 1. The van der Waals surface area contributed by atoms with Gasteiger partial charge in [0, 0.05) is 21.0 Å². The molecule has 3 aromatic rings. The summed E-state index contributed by atoms with van der Waals surface area (Å²) >= 11 is 4.97. The maximum atomic E-state index is 10.7. The van der Waals surface area contributed by atoms with E-state index < -0.39 is 5.97 Å². The second-order valence-electron chi connectivity index (χ2n) is 4.73. The van der Waals surface area contributed by atoms with Crippen molar-refractivity contribution >= 4 is 33.2 Å². The Morgan fingerprint density at radius 3 is 2.74 bits per heavy atom. The SMILES string of the molecule is O=C(O)COc1ccc(Br)cc1-c1csc(-c2ccccc2)n1. The van der Waals surface area contributed by atoms with Crippen LogP contribution in [0.5, 0.6) is 5.75 Å². The van der Waals surface area contributed by atoms with Crippen molar-refractivity contribution in [3.05, 3.63) is 58.4 Å². The van der Waals surface area contributed by atoms with Crippen molar-refractivity contribution in [2.75, 3.05) is 6.61 Å². The molecule has 0 amide bonds. The molecule has 0 saturated heterocycles. The van der Waals surface area contributed by atoms with Gasteiger partial charge in [0.1, 0.15) is 10.8 Å². The molecule has 0 aliphatic rings. The van der Waals surface area contributed by atoms with E-state index in [1.165, 1.54) is 11.3 Å². The molecule has 0 saturated carbocycles. The van der Waals surface area contributed by atoms with Crippen molar-refractivity contribution in [3.8, 4) is 27.6 Å². The minimum Gasteiger partial charge on any atom is -0.481 e. The van der Waals surface area contributed by atoms with E-state index in [-0.39, 0.29) is 6.61 Å². The lowest BCUT2D eigenvalue weighted by atomic mass is 10.1. The molecule has 4 nitrogen and oxygen atoms in total. The Morgan fingerprint density at radius 1 is 1.22 bits per heavy atom. The summed E-state index contributed by atoms with van der Waals surface area (Å²) in [6, 6.07) is 15.3. The van der Waals surface area contributed by atoms with Crippen LogP contribution in [0.15, 0.2) is 58.4 Å². The third-order valence-corrected chi connectivity index (χ3v) is 4.48. The van der Waals surface area contributed by atoms with E-state index in [4.69, 9.17) is 9.84 Å². The molecule has 1 aromatic heterocycles. The molecular formula is C17H12BrNO3S. The van der Waals surface area contributed by atoms with E-state index in [1.54, 1.807) is 6.07 Å². The highest BCUT2D eigenvalue weighted by atomic mass is 79.9. The predicted octanol–water partition coefficient (Wildman–Crippen LogP) is 4.70. The van der Waals surface area contributed by atoms with Gasteiger partial charge in [-0.2, -0.15) is 0 Å². The first kappa shape index (κ1) is 15.7. The Hall–Kier alpha value is -2.18. The molecule has 23 heavy (non-hydrogen) atoms. The zero-order valence-electron chi connectivity index (χ0n) is 11.9. The molecule has 0 aliphatic carbocycles. The van der Waals surface area contributed by atoms with Crippen LogP contribution in [0.25, 0.3) is 21.8 Å². The maximum Gasteiger partial charge on any atom is 0.341 e. The number of benzene rings is 2. The number of carbonyl (C=O) groups is 1. The van der Waals surface area contributed by atoms with Gasteiger partial charge >= 0.3 is 5.97 Å². The van der Waals surface area contributed by atoms with E-state index in [0.29, 0.717) is 5.75 Å². The first-order valence-electron chi connectivity index (χ1n) is 6.79. The highest BCUT2D eigenvalue weighted by Gasteiger charge is 2.13. The average molecular weight is 390 g/mol. The zero-order chi connectivity index (χ0) is 16.2. The van der Waals surface area contributed by atoms with E-state index in [2.05, 4.69) is 20.9 Å². The number of aliphatic carboxylic acids is 1. The van der Waals surface area contributed by atoms with Crippen LogP contribution in [0.2, 0.25) is 0 Å². The van der Waals surface area contributed by atoms with Crippen LogP contribution in [0.3, 0.4) is 0 Å². The molecule has 1 heterocycles. The maximum absolute atomic E-state index is 10.7. The number of hydrogen-bond acceptors (Lipinski definition) is 4.